The van der Waals surface area contributed by atoms with Gasteiger partial charge in [-0.25, -0.2) is 0 Å². The highest BCUT2D eigenvalue weighted by Gasteiger charge is 2.26. The summed E-state index contributed by atoms with van der Waals surface area (Å²) in [5, 5.41) is 12.1. The topological polar surface area (TPSA) is 70.0 Å². The van der Waals surface area contributed by atoms with Gasteiger partial charge in [-0.3, -0.25) is 9.59 Å². The van der Waals surface area contributed by atoms with Crippen molar-refractivity contribution in [3.8, 4) is 6.07 Å². The van der Waals surface area contributed by atoms with E-state index in [1.54, 1.807) is 19.1 Å². The molecule has 23 heavy (non-hydrogen) atoms. The lowest BCUT2D eigenvalue weighted by Gasteiger charge is -2.26. The van der Waals surface area contributed by atoms with Gasteiger partial charge in [-0.1, -0.05) is 56.5 Å². The molecule has 2 rings (SSSR count). The van der Waals surface area contributed by atoms with Gasteiger partial charge < -0.3 is 5.32 Å². The van der Waals surface area contributed by atoms with E-state index >= 15 is 0 Å². The van der Waals surface area contributed by atoms with Crippen molar-refractivity contribution in [2.45, 2.75) is 51.5 Å². The van der Waals surface area contributed by atoms with Crippen LogP contribution < -0.4 is 5.32 Å². The zero-order chi connectivity index (χ0) is 16.7. The van der Waals surface area contributed by atoms with E-state index in [0.717, 1.165) is 25.7 Å². The van der Waals surface area contributed by atoms with Crippen LogP contribution in [0.3, 0.4) is 0 Å². The van der Waals surface area contributed by atoms with Crippen LogP contribution >= 0.6 is 0 Å². The first-order chi connectivity index (χ1) is 11.1. The molecule has 0 aromatic heterocycles. The number of hydrogen-bond acceptors (Lipinski definition) is 3. The Morgan fingerprint density at radius 1 is 1.22 bits per heavy atom. The molecule has 0 spiro atoms. The summed E-state index contributed by atoms with van der Waals surface area (Å²) in [7, 11) is 0. The molecule has 1 aromatic rings. The SMILES string of the molecule is CC(CC(=O)NC(C#N)C1CCCCC1)C(=O)c1ccccc1. The fourth-order valence-corrected chi connectivity index (χ4v) is 3.21. The van der Waals surface area contributed by atoms with Gasteiger partial charge in [-0.2, -0.15) is 5.26 Å². The molecule has 0 saturated heterocycles. The van der Waals surface area contributed by atoms with Crippen LogP contribution in [-0.4, -0.2) is 17.7 Å². The van der Waals surface area contributed by atoms with Crippen LogP contribution in [-0.2, 0) is 4.79 Å². The third-order valence-corrected chi connectivity index (χ3v) is 4.57. The molecule has 1 aromatic carbocycles. The highest BCUT2D eigenvalue weighted by atomic mass is 16.2. The lowest BCUT2D eigenvalue weighted by Crippen LogP contribution is -2.41. The highest BCUT2D eigenvalue weighted by Crippen LogP contribution is 2.26. The van der Waals surface area contributed by atoms with Crippen LogP contribution in [0.25, 0.3) is 0 Å². The number of carbonyl (C=O) groups is 2. The Morgan fingerprint density at radius 2 is 1.87 bits per heavy atom. The molecule has 1 saturated carbocycles. The maximum absolute atomic E-state index is 12.3. The van der Waals surface area contributed by atoms with Crippen molar-refractivity contribution in [1.82, 2.24) is 5.32 Å². The zero-order valence-corrected chi connectivity index (χ0v) is 13.6. The van der Waals surface area contributed by atoms with Crippen molar-refractivity contribution in [3.63, 3.8) is 0 Å². The molecule has 2 atom stereocenters. The van der Waals surface area contributed by atoms with E-state index in [1.807, 2.05) is 18.2 Å². The molecular formula is C19H24N2O2. The molecule has 2 unspecified atom stereocenters. The van der Waals surface area contributed by atoms with Crippen LogP contribution in [0.15, 0.2) is 30.3 Å². The summed E-state index contributed by atoms with van der Waals surface area (Å²) in [6.07, 6.45) is 5.58. The predicted octanol–water partition coefficient (Wildman–Crippen LogP) is 3.48. The molecule has 4 nitrogen and oxygen atoms in total. The Morgan fingerprint density at radius 3 is 2.48 bits per heavy atom. The molecule has 0 heterocycles. The standard InChI is InChI=1S/C19H24N2O2/c1-14(19(23)16-10-6-3-7-11-16)12-18(22)21-17(13-20)15-8-4-2-5-9-15/h3,6-7,10-11,14-15,17H,2,4-5,8-9,12H2,1H3,(H,21,22). The van der Waals surface area contributed by atoms with E-state index in [9.17, 15) is 14.9 Å². The van der Waals surface area contributed by atoms with Crippen molar-refractivity contribution in [1.29, 1.82) is 5.26 Å². The van der Waals surface area contributed by atoms with Crippen molar-refractivity contribution in [2.75, 3.05) is 0 Å². The van der Waals surface area contributed by atoms with E-state index in [2.05, 4.69) is 11.4 Å². The summed E-state index contributed by atoms with van der Waals surface area (Å²) in [4.78, 5) is 24.5. The van der Waals surface area contributed by atoms with Crippen molar-refractivity contribution < 1.29 is 9.59 Å². The summed E-state index contributed by atoms with van der Waals surface area (Å²) < 4.78 is 0. The monoisotopic (exact) mass is 312 g/mol. The van der Waals surface area contributed by atoms with Crippen LogP contribution in [0.4, 0.5) is 0 Å². The van der Waals surface area contributed by atoms with Gasteiger partial charge in [0.1, 0.15) is 6.04 Å². The summed E-state index contributed by atoms with van der Waals surface area (Å²) >= 11 is 0. The lowest BCUT2D eigenvalue weighted by molar-refractivity contribution is -0.122. The van der Waals surface area contributed by atoms with Gasteiger partial charge in [0.2, 0.25) is 5.91 Å². The number of hydrogen-bond donors (Lipinski definition) is 1. The third-order valence-electron chi connectivity index (χ3n) is 4.57. The smallest absolute Gasteiger partial charge is 0.221 e. The number of nitrogens with one attached hydrogen (secondary N) is 1. The van der Waals surface area contributed by atoms with E-state index in [-0.39, 0.29) is 29.9 Å². The minimum atomic E-state index is -0.429. The second-order valence-electron chi connectivity index (χ2n) is 6.41. The fraction of sp³-hybridized carbons (Fsp3) is 0.526. The molecule has 122 valence electrons. The van der Waals surface area contributed by atoms with Crippen molar-refractivity contribution in [3.05, 3.63) is 35.9 Å². The molecule has 0 radical (unpaired) electrons. The molecule has 0 bridgehead atoms. The third kappa shape index (κ3) is 4.92. The second kappa shape index (κ2) is 8.47. The van der Waals surface area contributed by atoms with Gasteiger partial charge in [0.05, 0.1) is 6.07 Å². The maximum atomic E-state index is 12.3. The first-order valence-corrected chi connectivity index (χ1v) is 8.40. The lowest BCUT2D eigenvalue weighted by atomic mass is 9.84. The van der Waals surface area contributed by atoms with Crippen molar-refractivity contribution >= 4 is 11.7 Å². The van der Waals surface area contributed by atoms with Gasteiger partial charge >= 0.3 is 0 Å². The molecule has 1 N–H and O–H groups in total. The van der Waals surface area contributed by atoms with Gasteiger partial charge in [0, 0.05) is 17.9 Å². The van der Waals surface area contributed by atoms with Gasteiger partial charge in [-0.15, -0.1) is 0 Å². The first-order valence-electron chi connectivity index (χ1n) is 8.40. The molecule has 1 fully saturated rings. The molecular weight excluding hydrogens is 288 g/mol. The quantitative estimate of drug-likeness (QED) is 0.817. The Balaban J connectivity index is 1.88. The van der Waals surface area contributed by atoms with E-state index in [1.165, 1.54) is 6.42 Å². The number of nitriles is 1. The molecule has 1 amide bonds. The normalized spacial score (nSPS) is 17.7. The molecule has 1 aliphatic rings. The predicted molar refractivity (Wildman–Crippen MR) is 88.7 cm³/mol. The van der Waals surface area contributed by atoms with Crippen LogP contribution in [0, 0.1) is 23.2 Å². The molecule has 4 heteroatoms. The largest absolute Gasteiger partial charge is 0.340 e. The Bertz CT molecular complexity index is 571. The van der Waals surface area contributed by atoms with Gasteiger partial charge in [0.25, 0.3) is 0 Å². The summed E-state index contributed by atoms with van der Waals surface area (Å²) in [5.74, 6) is -0.383. The number of Topliss-reactive ketones (excluding diaryl/α,β-unsaturated/α-hetero) is 1. The van der Waals surface area contributed by atoms with Crippen molar-refractivity contribution in [2.24, 2.45) is 11.8 Å². The number of ketones is 1. The average molecular weight is 312 g/mol. The maximum Gasteiger partial charge on any atom is 0.221 e. The summed E-state index contributed by atoms with van der Waals surface area (Å²) in [5.41, 5.74) is 0.622. The number of rotatable bonds is 6. The van der Waals surface area contributed by atoms with Crippen LogP contribution in [0.2, 0.25) is 0 Å². The minimum absolute atomic E-state index is 0.0353. The minimum Gasteiger partial charge on any atom is -0.340 e. The summed E-state index contributed by atoms with van der Waals surface area (Å²) in [6, 6.07) is 10.8. The van der Waals surface area contributed by atoms with E-state index in [4.69, 9.17) is 0 Å². The molecule has 1 aliphatic carbocycles. The number of benzene rings is 1. The van der Waals surface area contributed by atoms with Crippen LogP contribution in [0.1, 0.15) is 55.8 Å². The highest BCUT2D eigenvalue weighted by molar-refractivity contribution is 5.99. The first kappa shape index (κ1) is 17.2. The Labute approximate surface area is 137 Å². The number of carbonyl (C=O) groups excluding carboxylic acids is 2. The second-order valence-corrected chi connectivity index (χ2v) is 6.41. The average Bonchev–Trinajstić information content (AvgIpc) is 2.60. The van der Waals surface area contributed by atoms with E-state index < -0.39 is 6.04 Å². The van der Waals surface area contributed by atoms with Gasteiger partial charge in [-0.05, 0) is 18.8 Å². The Kier molecular flexibility index (Phi) is 6.34. The molecule has 0 aliphatic heterocycles. The van der Waals surface area contributed by atoms with Gasteiger partial charge in [0.15, 0.2) is 5.78 Å². The zero-order valence-electron chi connectivity index (χ0n) is 13.6. The Hall–Kier alpha value is -2.15. The number of amides is 1. The van der Waals surface area contributed by atoms with E-state index in [0.29, 0.717) is 5.56 Å². The summed E-state index contributed by atoms with van der Waals surface area (Å²) in [6.45, 7) is 1.76. The number of nitrogens with zero attached hydrogens (tertiary/aromatic N) is 1. The fourth-order valence-electron chi connectivity index (χ4n) is 3.21. The van der Waals surface area contributed by atoms with Crippen LogP contribution in [0.5, 0.6) is 0 Å².